The summed E-state index contributed by atoms with van der Waals surface area (Å²) in [6.07, 6.45) is 1.91. The average Bonchev–Trinajstić information content (AvgIpc) is 3.19. The minimum Gasteiger partial charge on any atom is -0.455 e. The second-order valence-electron chi connectivity index (χ2n) is 7.71. The number of benzene rings is 1. The van der Waals surface area contributed by atoms with Crippen LogP contribution in [0.4, 0.5) is 0 Å². The number of furan rings is 1. The predicted molar refractivity (Wildman–Crippen MR) is 93.1 cm³/mol. The molecule has 25 heavy (non-hydrogen) atoms. The van der Waals surface area contributed by atoms with E-state index in [2.05, 4.69) is 55.0 Å². The quantitative estimate of drug-likeness (QED) is 0.787. The van der Waals surface area contributed by atoms with E-state index in [1.807, 2.05) is 6.07 Å². The van der Waals surface area contributed by atoms with Crippen LogP contribution in [0.15, 0.2) is 28.9 Å². The van der Waals surface area contributed by atoms with Crippen molar-refractivity contribution in [1.82, 2.24) is 15.2 Å². The molecule has 4 rings (SSSR count). The molecule has 0 saturated carbocycles. The molecule has 1 saturated heterocycles. The van der Waals surface area contributed by atoms with E-state index in [0.717, 1.165) is 16.5 Å². The van der Waals surface area contributed by atoms with Gasteiger partial charge in [-0.25, -0.2) is 4.98 Å². The normalized spacial score (nSPS) is 19.4. The summed E-state index contributed by atoms with van der Waals surface area (Å²) in [6.45, 7) is 9.54. The number of nitrogens with zero attached hydrogens (tertiary/aromatic N) is 2. The van der Waals surface area contributed by atoms with Crippen molar-refractivity contribution in [2.75, 3.05) is 13.2 Å². The van der Waals surface area contributed by atoms with Crippen LogP contribution in [0.5, 0.6) is 0 Å². The number of H-pyrrole nitrogens is 1. The largest absolute Gasteiger partial charge is 0.455 e. The maximum Gasteiger partial charge on any atom is 0.235 e. The van der Waals surface area contributed by atoms with E-state index >= 15 is 0 Å². The van der Waals surface area contributed by atoms with Gasteiger partial charge in [0.25, 0.3) is 0 Å². The zero-order valence-electron chi connectivity index (χ0n) is 15.0. The molecular weight excluding hydrogens is 318 g/mol. The summed E-state index contributed by atoms with van der Waals surface area (Å²) < 4.78 is 18.7. The van der Waals surface area contributed by atoms with Crippen molar-refractivity contribution in [2.45, 2.75) is 39.9 Å². The Morgan fingerprint density at radius 3 is 2.56 bits per heavy atom. The molecule has 0 bridgehead atoms. The predicted octanol–water partition coefficient (Wildman–Crippen LogP) is 3.64. The molecule has 132 valence electrons. The van der Waals surface area contributed by atoms with Crippen molar-refractivity contribution in [3.05, 3.63) is 47.2 Å². The molecule has 0 aliphatic carbocycles. The molecule has 2 aromatic heterocycles. The van der Waals surface area contributed by atoms with Crippen LogP contribution in [-0.2, 0) is 21.7 Å². The van der Waals surface area contributed by atoms with Crippen molar-refractivity contribution in [1.29, 1.82) is 0 Å². The van der Waals surface area contributed by atoms with Gasteiger partial charge >= 0.3 is 0 Å². The summed E-state index contributed by atoms with van der Waals surface area (Å²) in [5.74, 6) is 0.380. The third-order valence-electron chi connectivity index (χ3n) is 4.58. The number of aryl methyl sites for hydroxylation is 2. The molecule has 1 aliphatic heterocycles. The van der Waals surface area contributed by atoms with Crippen LogP contribution in [-0.4, -0.2) is 28.4 Å². The second-order valence-corrected chi connectivity index (χ2v) is 7.71. The minimum absolute atomic E-state index is 0.0383. The van der Waals surface area contributed by atoms with Gasteiger partial charge in [0.1, 0.15) is 17.7 Å². The second kappa shape index (κ2) is 5.68. The number of rotatable bonds is 3. The monoisotopic (exact) mass is 341 g/mol. The van der Waals surface area contributed by atoms with Gasteiger partial charge in [0.15, 0.2) is 5.76 Å². The highest BCUT2D eigenvalue weighted by molar-refractivity contribution is 5.82. The molecule has 6 nitrogen and oxygen atoms in total. The van der Waals surface area contributed by atoms with Crippen LogP contribution in [0.25, 0.3) is 11.0 Å². The molecular formula is C19H23N3O3. The summed E-state index contributed by atoms with van der Waals surface area (Å²) in [7, 11) is 0. The molecule has 3 aromatic rings. The van der Waals surface area contributed by atoms with Crippen molar-refractivity contribution < 1.29 is 13.9 Å². The van der Waals surface area contributed by atoms with Gasteiger partial charge in [-0.3, -0.25) is 5.10 Å². The fourth-order valence-corrected chi connectivity index (χ4v) is 3.28. The molecule has 0 atom stereocenters. The first-order valence-electron chi connectivity index (χ1n) is 8.50. The zero-order chi connectivity index (χ0) is 17.7. The van der Waals surface area contributed by atoms with E-state index in [4.69, 9.17) is 13.9 Å². The fourth-order valence-electron chi connectivity index (χ4n) is 3.28. The Morgan fingerprint density at radius 1 is 1.12 bits per heavy atom. The van der Waals surface area contributed by atoms with E-state index in [1.54, 1.807) is 0 Å². The summed E-state index contributed by atoms with van der Waals surface area (Å²) in [5.41, 5.74) is 3.14. The minimum atomic E-state index is -0.992. The van der Waals surface area contributed by atoms with E-state index in [9.17, 15) is 0 Å². The Morgan fingerprint density at radius 2 is 1.88 bits per heavy atom. The summed E-state index contributed by atoms with van der Waals surface area (Å²) in [4.78, 5) is 4.23. The van der Waals surface area contributed by atoms with E-state index < -0.39 is 5.79 Å². The number of aromatic amines is 1. The van der Waals surface area contributed by atoms with Crippen LogP contribution in [0.2, 0.25) is 0 Å². The van der Waals surface area contributed by atoms with Crippen LogP contribution >= 0.6 is 0 Å². The van der Waals surface area contributed by atoms with Crippen LogP contribution in [0, 0.1) is 19.3 Å². The van der Waals surface area contributed by atoms with Gasteiger partial charge in [0.2, 0.25) is 5.79 Å². The van der Waals surface area contributed by atoms with E-state index in [1.165, 1.54) is 11.9 Å². The lowest BCUT2D eigenvalue weighted by molar-refractivity contribution is -0.315. The molecule has 0 radical (unpaired) electrons. The first-order chi connectivity index (χ1) is 11.9. The highest BCUT2D eigenvalue weighted by Gasteiger charge is 2.45. The molecule has 1 aliphatic rings. The third kappa shape index (κ3) is 2.96. The topological polar surface area (TPSA) is 73.2 Å². The smallest absolute Gasteiger partial charge is 0.235 e. The van der Waals surface area contributed by atoms with Crippen LogP contribution in [0.3, 0.4) is 0 Å². The number of hydrogen-bond donors (Lipinski definition) is 1. The Labute approximate surface area is 146 Å². The third-order valence-corrected chi connectivity index (χ3v) is 4.58. The van der Waals surface area contributed by atoms with Gasteiger partial charge in [-0.15, -0.1) is 0 Å². The summed E-state index contributed by atoms with van der Waals surface area (Å²) in [6, 6.07) is 6.25. The lowest BCUT2D eigenvalue weighted by atomic mass is 9.93. The fraction of sp³-hybridized carbons (Fsp3) is 0.474. The maximum absolute atomic E-state index is 6.24. The highest BCUT2D eigenvalue weighted by atomic mass is 16.7. The summed E-state index contributed by atoms with van der Waals surface area (Å²) in [5, 5.41) is 7.88. The van der Waals surface area contributed by atoms with Gasteiger partial charge in [-0.05, 0) is 31.5 Å². The Hall–Kier alpha value is -2.18. The van der Waals surface area contributed by atoms with Crippen molar-refractivity contribution in [2.24, 2.45) is 5.41 Å². The first kappa shape index (κ1) is 16.3. The van der Waals surface area contributed by atoms with Crippen molar-refractivity contribution in [3.8, 4) is 0 Å². The van der Waals surface area contributed by atoms with E-state index in [-0.39, 0.29) is 5.41 Å². The number of nitrogens with one attached hydrogen (secondary N) is 1. The molecule has 3 heterocycles. The lowest BCUT2D eigenvalue weighted by Gasteiger charge is -2.41. The zero-order valence-corrected chi connectivity index (χ0v) is 15.0. The van der Waals surface area contributed by atoms with Crippen molar-refractivity contribution >= 4 is 11.0 Å². The number of fused-ring (bicyclic) bond motifs is 1. The van der Waals surface area contributed by atoms with Gasteiger partial charge in [0.05, 0.1) is 19.6 Å². The molecule has 0 unspecified atom stereocenters. The van der Waals surface area contributed by atoms with Crippen LogP contribution < -0.4 is 0 Å². The maximum atomic E-state index is 6.24. The van der Waals surface area contributed by atoms with Gasteiger partial charge in [0, 0.05) is 10.8 Å². The molecule has 6 heteroatoms. The van der Waals surface area contributed by atoms with Gasteiger partial charge in [-0.2, -0.15) is 5.10 Å². The SMILES string of the molecule is Cc1cc(C)c2oc(C3(Cc4ncn[nH]4)OCC(C)(C)CO3)cc2c1. The molecule has 0 spiro atoms. The highest BCUT2D eigenvalue weighted by Crippen LogP contribution is 2.41. The molecule has 1 N–H and O–H groups in total. The first-order valence-corrected chi connectivity index (χ1v) is 8.50. The molecule has 1 aromatic carbocycles. The van der Waals surface area contributed by atoms with Gasteiger partial charge < -0.3 is 13.9 Å². The van der Waals surface area contributed by atoms with Gasteiger partial charge in [-0.1, -0.05) is 25.5 Å². The van der Waals surface area contributed by atoms with Crippen molar-refractivity contribution in [3.63, 3.8) is 0 Å². The Balaban J connectivity index is 1.79. The number of aromatic nitrogens is 3. The Kier molecular flexibility index (Phi) is 3.70. The Bertz CT molecular complexity index is 886. The summed E-state index contributed by atoms with van der Waals surface area (Å²) >= 11 is 0. The molecule has 0 amide bonds. The van der Waals surface area contributed by atoms with Crippen LogP contribution in [0.1, 0.15) is 36.6 Å². The van der Waals surface area contributed by atoms with E-state index in [0.29, 0.717) is 31.2 Å². The number of hydrogen-bond acceptors (Lipinski definition) is 5. The average molecular weight is 341 g/mol. The number of ether oxygens (including phenoxy) is 2. The molecule has 1 fully saturated rings. The lowest BCUT2D eigenvalue weighted by Crippen LogP contribution is -2.46. The standard InChI is InChI=1S/C19H23N3O3/c1-12-5-13(2)17-14(6-12)7-15(25-17)19(8-16-20-11-21-22-16)23-9-18(3,4)10-24-19/h5-7,11H,8-10H2,1-4H3,(H,20,21,22).